The predicted octanol–water partition coefficient (Wildman–Crippen LogP) is 2.57. The molecule has 2 N–H and O–H groups in total. The van der Waals surface area contributed by atoms with Gasteiger partial charge in [-0.2, -0.15) is 11.3 Å². The molecule has 0 aliphatic heterocycles. The van der Waals surface area contributed by atoms with Gasteiger partial charge in [0.2, 0.25) is 0 Å². The van der Waals surface area contributed by atoms with Crippen molar-refractivity contribution in [2.75, 3.05) is 5.73 Å². The molecule has 0 fully saturated rings. The number of nitrogens with two attached hydrogens (primary N) is 1. The second-order valence-corrected chi connectivity index (χ2v) is 4.72. The maximum atomic E-state index is 5.54. The zero-order chi connectivity index (χ0) is 9.10. The van der Waals surface area contributed by atoms with Crippen molar-refractivity contribution < 1.29 is 0 Å². The summed E-state index contributed by atoms with van der Waals surface area (Å²) in [5, 5.41) is 4.96. The molecule has 2 aromatic heterocycles. The van der Waals surface area contributed by atoms with Crippen LogP contribution in [0.1, 0.15) is 10.4 Å². The Kier molecular flexibility index (Phi) is 2.61. The second-order valence-electron chi connectivity index (χ2n) is 2.80. The Bertz CT molecular complexity index is 365. The summed E-state index contributed by atoms with van der Waals surface area (Å²) in [4.78, 5) is 5.28. The predicted molar refractivity (Wildman–Crippen MR) is 58.3 cm³/mol. The third kappa shape index (κ3) is 2.29. The van der Waals surface area contributed by atoms with Crippen LogP contribution < -0.4 is 5.73 Å². The van der Waals surface area contributed by atoms with Gasteiger partial charge in [0.25, 0.3) is 0 Å². The number of hydrogen-bond acceptors (Lipinski definition) is 4. The van der Waals surface area contributed by atoms with Gasteiger partial charge in [0.15, 0.2) is 5.13 Å². The maximum absolute atomic E-state index is 5.54. The molecule has 0 saturated carbocycles. The molecule has 2 heterocycles. The Balaban J connectivity index is 1.93. The average Bonchev–Trinajstić information content (AvgIpc) is 2.71. The van der Waals surface area contributed by atoms with Crippen molar-refractivity contribution in [3.63, 3.8) is 0 Å². The van der Waals surface area contributed by atoms with Crippen LogP contribution >= 0.6 is 22.7 Å². The average molecular weight is 210 g/mol. The maximum Gasteiger partial charge on any atom is 0.180 e. The fourth-order valence-electron chi connectivity index (χ4n) is 1.14. The number of nitrogens with zero attached hydrogens (tertiary/aromatic N) is 1. The normalized spacial score (nSPS) is 10.5. The van der Waals surface area contributed by atoms with Gasteiger partial charge >= 0.3 is 0 Å². The highest BCUT2D eigenvalue weighted by atomic mass is 32.1. The van der Waals surface area contributed by atoms with Gasteiger partial charge in [-0.15, -0.1) is 11.3 Å². The summed E-state index contributed by atoms with van der Waals surface area (Å²) in [5.41, 5.74) is 6.94. The van der Waals surface area contributed by atoms with Crippen LogP contribution in [0.25, 0.3) is 0 Å². The van der Waals surface area contributed by atoms with E-state index in [1.807, 2.05) is 6.20 Å². The molecular weight excluding hydrogens is 200 g/mol. The minimum atomic E-state index is 0.667. The van der Waals surface area contributed by atoms with E-state index in [-0.39, 0.29) is 0 Å². The lowest BCUT2D eigenvalue weighted by atomic mass is 10.2. The Morgan fingerprint density at radius 2 is 2.31 bits per heavy atom. The van der Waals surface area contributed by atoms with Crippen LogP contribution in [0, 0.1) is 0 Å². The van der Waals surface area contributed by atoms with E-state index >= 15 is 0 Å². The Labute approximate surface area is 85.1 Å². The van der Waals surface area contributed by atoms with E-state index < -0.39 is 0 Å². The molecule has 0 atom stereocenters. The molecule has 2 nitrogen and oxygen atoms in total. The number of aryl methyl sites for hydroxylation is 2. The van der Waals surface area contributed by atoms with E-state index in [1.165, 1.54) is 10.4 Å². The van der Waals surface area contributed by atoms with E-state index in [1.54, 1.807) is 22.7 Å². The van der Waals surface area contributed by atoms with E-state index in [0.717, 1.165) is 12.8 Å². The molecule has 0 amide bonds. The molecule has 68 valence electrons. The van der Waals surface area contributed by atoms with Crippen LogP contribution in [0.15, 0.2) is 23.0 Å². The van der Waals surface area contributed by atoms with Gasteiger partial charge in [-0.3, -0.25) is 0 Å². The number of nitrogen functional groups attached to an aromatic ring is 1. The Hall–Kier alpha value is -0.870. The van der Waals surface area contributed by atoms with Crippen LogP contribution in [-0.2, 0) is 12.8 Å². The van der Waals surface area contributed by atoms with Crippen molar-refractivity contribution in [1.82, 2.24) is 4.98 Å². The number of aromatic nitrogens is 1. The molecule has 2 rings (SSSR count). The molecule has 13 heavy (non-hydrogen) atoms. The number of anilines is 1. The summed E-state index contributed by atoms with van der Waals surface area (Å²) in [6.45, 7) is 0. The van der Waals surface area contributed by atoms with E-state index in [2.05, 4.69) is 21.8 Å². The standard InChI is InChI=1S/C9H10N2S2/c10-9-11-5-8(13-9)2-1-7-3-4-12-6-7/h3-6H,1-2H2,(H2,10,11). The van der Waals surface area contributed by atoms with Gasteiger partial charge in [-0.1, -0.05) is 0 Å². The lowest BCUT2D eigenvalue weighted by molar-refractivity contribution is 0.983. The van der Waals surface area contributed by atoms with Crippen LogP contribution in [-0.4, -0.2) is 4.98 Å². The monoisotopic (exact) mass is 210 g/mol. The van der Waals surface area contributed by atoms with Crippen molar-refractivity contribution in [2.45, 2.75) is 12.8 Å². The molecule has 0 bridgehead atoms. The molecule has 2 aromatic rings. The molecular formula is C9H10N2S2. The molecule has 0 aromatic carbocycles. The lowest BCUT2D eigenvalue weighted by Gasteiger charge is -1.93. The summed E-state index contributed by atoms with van der Waals surface area (Å²) < 4.78 is 0. The highest BCUT2D eigenvalue weighted by Gasteiger charge is 1.99. The number of thiazole rings is 1. The molecule has 0 saturated heterocycles. The van der Waals surface area contributed by atoms with Crippen molar-refractivity contribution in [1.29, 1.82) is 0 Å². The van der Waals surface area contributed by atoms with Gasteiger partial charge in [0.1, 0.15) is 0 Å². The summed E-state index contributed by atoms with van der Waals surface area (Å²) in [5.74, 6) is 0. The highest BCUT2D eigenvalue weighted by Crippen LogP contribution is 2.17. The van der Waals surface area contributed by atoms with E-state index in [9.17, 15) is 0 Å². The van der Waals surface area contributed by atoms with Crippen molar-refractivity contribution >= 4 is 27.8 Å². The first-order valence-electron chi connectivity index (χ1n) is 4.06. The van der Waals surface area contributed by atoms with E-state index in [4.69, 9.17) is 5.73 Å². The molecule has 0 spiro atoms. The van der Waals surface area contributed by atoms with Gasteiger partial charge in [-0.05, 0) is 35.2 Å². The van der Waals surface area contributed by atoms with Crippen LogP contribution in [0.5, 0.6) is 0 Å². The molecule has 0 unspecified atom stereocenters. The molecule has 4 heteroatoms. The zero-order valence-corrected chi connectivity index (χ0v) is 8.70. The topological polar surface area (TPSA) is 38.9 Å². The Morgan fingerprint density at radius 1 is 1.38 bits per heavy atom. The second kappa shape index (κ2) is 3.89. The number of hydrogen-bond donors (Lipinski definition) is 1. The number of rotatable bonds is 3. The van der Waals surface area contributed by atoms with Gasteiger partial charge in [-0.25, -0.2) is 4.98 Å². The van der Waals surface area contributed by atoms with Crippen molar-refractivity contribution in [3.8, 4) is 0 Å². The third-order valence-corrected chi connectivity index (χ3v) is 3.43. The fourth-order valence-corrected chi connectivity index (χ4v) is 2.53. The van der Waals surface area contributed by atoms with Gasteiger partial charge in [0, 0.05) is 11.1 Å². The fraction of sp³-hybridized carbons (Fsp3) is 0.222. The zero-order valence-electron chi connectivity index (χ0n) is 7.06. The summed E-state index contributed by atoms with van der Waals surface area (Å²) in [6, 6.07) is 2.16. The molecule has 0 radical (unpaired) electrons. The minimum Gasteiger partial charge on any atom is -0.375 e. The quantitative estimate of drug-likeness (QED) is 0.845. The highest BCUT2D eigenvalue weighted by molar-refractivity contribution is 7.15. The first-order valence-corrected chi connectivity index (χ1v) is 5.82. The smallest absolute Gasteiger partial charge is 0.180 e. The molecule has 0 aliphatic rings. The van der Waals surface area contributed by atoms with E-state index in [0.29, 0.717) is 5.13 Å². The lowest BCUT2D eigenvalue weighted by Crippen LogP contribution is -1.85. The third-order valence-electron chi connectivity index (χ3n) is 1.81. The first-order chi connectivity index (χ1) is 6.34. The van der Waals surface area contributed by atoms with Crippen molar-refractivity contribution in [3.05, 3.63) is 33.5 Å². The molecule has 0 aliphatic carbocycles. The summed E-state index contributed by atoms with van der Waals surface area (Å²) in [6.07, 6.45) is 4.00. The number of thiophene rings is 1. The SMILES string of the molecule is Nc1ncc(CCc2ccsc2)s1. The van der Waals surface area contributed by atoms with Crippen LogP contribution in [0.4, 0.5) is 5.13 Å². The van der Waals surface area contributed by atoms with Gasteiger partial charge in [0.05, 0.1) is 0 Å². The summed E-state index contributed by atoms with van der Waals surface area (Å²) in [7, 11) is 0. The largest absolute Gasteiger partial charge is 0.375 e. The van der Waals surface area contributed by atoms with Crippen LogP contribution in [0.3, 0.4) is 0 Å². The van der Waals surface area contributed by atoms with Crippen molar-refractivity contribution in [2.24, 2.45) is 0 Å². The minimum absolute atomic E-state index is 0.667. The Morgan fingerprint density at radius 3 is 2.92 bits per heavy atom. The van der Waals surface area contributed by atoms with Crippen LogP contribution in [0.2, 0.25) is 0 Å². The summed E-state index contributed by atoms with van der Waals surface area (Å²) >= 11 is 3.32. The van der Waals surface area contributed by atoms with Gasteiger partial charge < -0.3 is 5.73 Å². The first kappa shape index (κ1) is 8.72.